The standard InChI is InChI=1S/C29H27F5O7S2/c1-21(2)26(36)39-20-12-19-25(35)40-27(28(30,31)32)29(33,34)43(37,38)41-42(22-13-6-3-7-14-22,23-15-8-4-9-16-23)24-17-10-5-11-18-24/h3-11,13-18,27H,1,12,19-20H2,2H3. The van der Waals surface area contributed by atoms with Crippen LogP contribution in [-0.4, -0.2) is 44.5 Å². The van der Waals surface area contributed by atoms with Crippen LogP contribution < -0.4 is 0 Å². The first-order valence-corrected chi connectivity index (χ1v) is 15.5. The van der Waals surface area contributed by atoms with Crippen molar-refractivity contribution in [2.45, 2.75) is 52.0 Å². The van der Waals surface area contributed by atoms with Crippen molar-refractivity contribution >= 4 is 32.4 Å². The van der Waals surface area contributed by atoms with E-state index in [1.54, 1.807) is 18.2 Å². The van der Waals surface area contributed by atoms with Crippen LogP contribution in [0.2, 0.25) is 0 Å². The fourth-order valence-electron chi connectivity index (χ4n) is 3.69. The molecule has 0 aromatic heterocycles. The van der Waals surface area contributed by atoms with Gasteiger partial charge in [0.25, 0.3) is 6.10 Å². The monoisotopic (exact) mass is 646 g/mol. The van der Waals surface area contributed by atoms with Gasteiger partial charge in [0.2, 0.25) is 0 Å². The zero-order valence-corrected chi connectivity index (χ0v) is 24.3. The number of hydrogen-bond acceptors (Lipinski definition) is 7. The van der Waals surface area contributed by atoms with Crippen LogP contribution >= 0.6 is 10.3 Å². The largest absolute Gasteiger partial charge is 0.462 e. The number of carbonyl (C=O) groups excluding carboxylic acids is 2. The second kappa shape index (κ2) is 13.7. The molecule has 0 aliphatic heterocycles. The molecule has 0 bridgehead atoms. The van der Waals surface area contributed by atoms with Crippen LogP contribution in [0, 0.1) is 0 Å². The van der Waals surface area contributed by atoms with E-state index in [1.165, 1.54) is 79.7 Å². The van der Waals surface area contributed by atoms with Gasteiger partial charge in [0.05, 0.1) is 6.61 Å². The van der Waals surface area contributed by atoms with Crippen LogP contribution in [0.4, 0.5) is 22.0 Å². The zero-order chi connectivity index (χ0) is 31.9. The molecule has 0 aliphatic carbocycles. The van der Waals surface area contributed by atoms with E-state index in [2.05, 4.69) is 11.3 Å². The van der Waals surface area contributed by atoms with Gasteiger partial charge in [-0.2, -0.15) is 30.4 Å². The minimum Gasteiger partial charge on any atom is -0.462 e. The highest BCUT2D eigenvalue weighted by molar-refractivity contribution is 8.33. The van der Waals surface area contributed by atoms with Crippen molar-refractivity contribution in [3.8, 4) is 0 Å². The van der Waals surface area contributed by atoms with Gasteiger partial charge in [0.15, 0.2) is 0 Å². The topological polar surface area (TPSA) is 96.0 Å². The van der Waals surface area contributed by atoms with E-state index in [4.69, 9.17) is 8.37 Å². The Bertz CT molecular complexity index is 1420. The maximum atomic E-state index is 15.6. The lowest BCUT2D eigenvalue weighted by atomic mass is 10.3. The van der Waals surface area contributed by atoms with Crippen molar-refractivity contribution in [2.24, 2.45) is 0 Å². The quantitative estimate of drug-likeness (QED) is 0.0839. The summed E-state index contributed by atoms with van der Waals surface area (Å²) in [6.07, 6.45) is -11.7. The number of esters is 2. The van der Waals surface area contributed by atoms with Crippen molar-refractivity contribution in [1.29, 1.82) is 0 Å². The van der Waals surface area contributed by atoms with Gasteiger partial charge in [-0.3, -0.25) is 4.79 Å². The van der Waals surface area contributed by atoms with E-state index in [1.807, 2.05) is 0 Å². The van der Waals surface area contributed by atoms with Crippen molar-refractivity contribution in [3.05, 3.63) is 103 Å². The molecule has 0 radical (unpaired) electrons. The summed E-state index contributed by atoms with van der Waals surface area (Å²) in [6, 6.07) is 22.1. The number of alkyl halides is 5. The molecule has 7 nitrogen and oxygen atoms in total. The molecule has 3 rings (SSSR count). The molecular formula is C29H27F5O7S2. The summed E-state index contributed by atoms with van der Waals surface area (Å²) >= 11 is 0. The van der Waals surface area contributed by atoms with Crippen molar-refractivity contribution in [3.63, 3.8) is 0 Å². The van der Waals surface area contributed by atoms with E-state index >= 15 is 8.78 Å². The molecule has 0 heterocycles. The molecule has 14 heteroatoms. The molecule has 0 saturated heterocycles. The number of rotatable bonds is 13. The lowest BCUT2D eigenvalue weighted by Crippen LogP contribution is -2.52. The van der Waals surface area contributed by atoms with Crippen molar-refractivity contribution in [1.82, 2.24) is 0 Å². The van der Waals surface area contributed by atoms with Crippen LogP contribution in [-0.2, 0) is 32.8 Å². The fourth-order valence-corrected chi connectivity index (χ4v) is 8.96. The summed E-state index contributed by atoms with van der Waals surface area (Å²) < 4.78 is 114. The number of benzene rings is 3. The number of halogens is 5. The van der Waals surface area contributed by atoms with Crippen LogP contribution in [0.25, 0.3) is 0 Å². The molecule has 0 spiro atoms. The Morgan fingerprint density at radius 1 is 0.791 bits per heavy atom. The summed E-state index contributed by atoms with van der Waals surface area (Å²) in [5, 5.41) is -5.79. The summed E-state index contributed by atoms with van der Waals surface area (Å²) in [7, 11) is -10.2. The second-order valence-electron chi connectivity index (χ2n) is 9.01. The minimum absolute atomic E-state index is 0.0178. The Morgan fingerprint density at radius 3 is 1.58 bits per heavy atom. The van der Waals surface area contributed by atoms with Gasteiger partial charge in [0, 0.05) is 26.7 Å². The Kier molecular flexibility index (Phi) is 10.7. The summed E-state index contributed by atoms with van der Waals surface area (Å²) in [4.78, 5) is 23.8. The first kappa shape index (κ1) is 33.7. The third-order valence-corrected chi connectivity index (χ3v) is 10.9. The normalized spacial score (nSPS) is 13.5. The van der Waals surface area contributed by atoms with Gasteiger partial charge in [-0.05, 0) is 60.1 Å². The van der Waals surface area contributed by atoms with E-state index in [9.17, 15) is 31.2 Å². The van der Waals surface area contributed by atoms with Crippen LogP contribution in [0.1, 0.15) is 19.8 Å². The predicted molar refractivity (Wildman–Crippen MR) is 148 cm³/mol. The average Bonchev–Trinajstić information content (AvgIpc) is 2.97. The minimum atomic E-state index is -6.51. The maximum absolute atomic E-state index is 15.6. The van der Waals surface area contributed by atoms with Crippen molar-refractivity contribution in [2.75, 3.05) is 6.61 Å². The molecule has 43 heavy (non-hydrogen) atoms. The lowest BCUT2D eigenvalue weighted by Gasteiger charge is -2.40. The van der Waals surface area contributed by atoms with E-state index in [-0.39, 0.29) is 26.7 Å². The van der Waals surface area contributed by atoms with Gasteiger partial charge in [-0.15, -0.1) is 0 Å². The number of carbonyl (C=O) groups is 2. The molecule has 0 saturated carbocycles. The molecule has 0 amide bonds. The van der Waals surface area contributed by atoms with Gasteiger partial charge in [-0.25, -0.2) is 8.42 Å². The third kappa shape index (κ3) is 7.80. The van der Waals surface area contributed by atoms with Crippen LogP contribution in [0.15, 0.2) is 118 Å². The van der Waals surface area contributed by atoms with Gasteiger partial charge in [0.1, 0.15) is 0 Å². The Morgan fingerprint density at radius 2 is 1.21 bits per heavy atom. The summed E-state index contributed by atoms with van der Waals surface area (Å²) in [5.74, 6) is -2.63. The molecule has 0 aliphatic rings. The highest BCUT2D eigenvalue weighted by atomic mass is 32.3. The average molecular weight is 647 g/mol. The Labute approximate surface area is 246 Å². The highest BCUT2D eigenvalue weighted by Crippen LogP contribution is 2.70. The SMILES string of the molecule is C=C(C)C(=O)OCCCC(=O)OC(C(F)(F)F)C(F)(F)S(=O)(=O)OS(c1ccccc1)(c1ccccc1)c1ccccc1. The third-order valence-electron chi connectivity index (χ3n) is 5.71. The Balaban J connectivity index is 2.03. The fraction of sp³-hybridized carbons (Fsp3) is 0.241. The second-order valence-corrected chi connectivity index (χ2v) is 13.5. The molecule has 1 unspecified atom stereocenters. The first-order valence-electron chi connectivity index (χ1n) is 12.5. The smallest absolute Gasteiger partial charge is 0.432 e. The molecule has 3 aromatic rings. The van der Waals surface area contributed by atoms with Gasteiger partial charge >= 0.3 is 33.5 Å². The van der Waals surface area contributed by atoms with E-state index in [0.29, 0.717) is 0 Å². The van der Waals surface area contributed by atoms with E-state index in [0.717, 1.165) is 0 Å². The van der Waals surface area contributed by atoms with E-state index < -0.39 is 62.9 Å². The predicted octanol–water partition coefficient (Wildman–Crippen LogP) is 7.20. The molecule has 1 atom stereocenters. The summed E-state index contributed by atoms with van der Waals surface area (Å²) in [5.41, 5.74) is 0.0178. The first-order chi connectivity index (χ1) is 20.1. The molecule has 0 N–H and O–H groups in total. The molecule has 232 valence electrons. The van der Waals surface area contributed by atoms with Crippen LogP contribution in [0.3, 0.4) is 0 Å². The van der Waals surface area contributed by atoms with Gasteiger partial charge < -0.3 is 9.47 Å². The number of ether oxygens (including phenoxy) is 2. The summed E-state index contributed by atoms with van der Waals surface area (Å²) in [6.45, 7) is 4.21. The van der Waals surface area contributed by atoms with Gasteiger partial charge in [-0.1, -0.05) is 61.2 Å². The maximum Gasteiger partial charge on any atom is 0.432 e. The molecular weight excluding hydrogens is 619 g/mol. The Hall–Kier alpha value is -3.75. The highest BCUT2D eigenvalue weighted by Gasteiger charge is 2.68. The van der Waals surface area contributed by atoms with Crippen LogP contribution in [0.5, 0.6) is 0 Å². The molecule has 3 aromatic carbocycles. The number of hydrogen-bond donors (Lipinski definition) is 0. The zero-order valence-electron chi connectivity index (χ0n) is 22.6. The van der Waals surface area contributed by atoms with Crippen molar-refractivity contribution < 1.29 is 53.1 Å². The lowest BCUT2D eigenvalue weighted by molar-refractivity contribution is -0.259. The molecule has 0 fully saturated rings.